The number of benzene rings is 1. The van der Waals surface area contributed by atoms with E-state index in [2.05, 4.69) is 4.98 Å². The summed E-state index contributed by atoms with van der Waals surface area (Å²) in [7, 11) is 0. The molecule has 18 heavy (non-hydrogen) atoms. The molecule has 0 aliphatic rings. The van der Waals surface area contributed by atoms with E-state index in [4.69, 9.17) is 27.5 Å². The van der Waals surface area contributed by atoms with Crippen molar-refractivity contribution in [3.8, 4) is 11.5 Å². The summed E-state index contributed by atoms with van der Waals surface area (Å²) in [4.78, 5) is 3.86. The van der Waals surface area contributed by atoms with Crippen LogP contribution < -0.4 is 10.5 Å². The molecular weight excluding hydrogens is 257 g/mol. The van der Waals surface area contributed by atoms with Gasteiger partial charge in [0.25, 0.3) is 0 Å². The second-order valence-corrected chi connectivity index (χ2v) is 3.93. The Morgan fingerprint density at radius 2 is 2.11 bits per heavy atom. The Hall–Kier alpha value is -2.14. The summed E-state index contributed by atoms with van der Waals surface area (Å²) in [6.07, 6.45) is 2.92. The molecule has 92 valence electrons. The van der Waals surface area contributed by atoms with E-state index in [1.165, 1.54) is 24.5 Å². The van der Waals surface area contributed by atoms with Crippen LogP contribution in [0.4, 0.5) is 4.39 Å². The van der Waals surface area contributed by atoms with Crippen LogP contribution in [-0.4, -0.2) is 10.8 Å². The van der Waals surface area contributed by atoms with Crippen LogP contribution in [0, 0.1) is 11.2 Å². The van der Waals surface area contributed by atoms with Gasteiger partial charge in [0.1, 0.15) is 23.2 Å². The summed E-state index contributed by atoms with van der Waals surface area (Å²) in [5.74, 6) is -0.110. The molecule has 1 heterocycles. The lowest BCUT2D eigenvalue weighted by Crippen LogP contribution is -2.12. The Morgan fingerprint density at radius 3 is 2.78 bits per heavy atom. The van der Waals surface area contributed by atoms with Gasteiger partial charge in [-0.3, -0.25) is 10.4 Å². The molecule has 0 aliphatic heterocycles. The van der Waals surface area contributed by atoms with Crippen LogP contribution in [0.3, 0.4) is 0 Å². The van der Waals surface area contributed by atoms with Gasteiger partial charge in [-0.05, 0) is 18.2 Å². The van der Waals surface area contributed by atoms with Gasteiger partial charge in [-0.25, -0.2) is 4.39 Å². The number of rotatable bonds is 3. The molecule has 0 spiro atoms. The number of hydrogen-bond donors (Lipinski definition) is 2. The summed E-state index contributed by atoms with van der Waals surface area (Å²) in [6.45, 7) is 0. The molecule has 0 radical (unpaired) electrons. The van der Waals surface area contributed by atoms with Crippen LogP contribution in [0.25, 0.3) is 0 Å². The summed E-state index contributed by atoms with van der Waals surface area (Å²) in [5, 5.41) is 7.79. The van der Waals surface area contributed by atoms with E-state index in [1.807, 2.05) is 0 Å². The lowest BCUT2D eigenvalue weighted by Gasteiger charge is -2.10. The number of nitrogens with zero attached hydrogens (tertiary/aromatic N) is 1. The first-order valence-corrected chi connectivity index (χ1v) is 5.36. The van der Waals surface area contributed by atoms with Crippen molar-refractivity contribution in [3.63, 3.8) is 0 Å². The lowest BCUT2D eigenvalue weighted by atomic mass is 10.2. The monoisotopic (exact) mass is 265 g/mol. The Morgan fingerprint density at radius 1 is 1.33 bits per heavy atom. The fourth-order valence-corrected chi connectivity index (χ4v) is 1.54. The van der Waals surface area contributed by atoms with Crippen molar-refractivity contribution in [1.29, 1.82) is 5.41 Å². The number of nitrogens with two attached hydrogens (primary N) is 1. The average Bonchev–Trinajstić information content (AvgIpc) is 2.31. The van der Waals surface area contributed by atoms with Crippen molar-refractivity contribution in [2.45, 2.75) is 0 Å². The molecular formula is C12H9ClFN3O. The zero-order valence-corrected chi connectivity index (χ0v) is 9.91. The first-order valence-electron chi connectivity index (χ1n) is 4.98. The van der Waals surface area contributed by atoms with Crippen molar-refractivity contribution >= 4 is 17.4 Å². The molecule has 2 aromatic rings. The number of hydrogen-bond acceptors (Lipinski definition) is 3. The van der Waals surface area contributed by atoms with Gasteiger partial charge in [-0.15, -0.1) is 0 Å². The Bertz CT molecular complexity index is 604. The molecule has 0 atom stereocenters. The van der Waals surface area contributed by atoms with E-state index in [9.17, 15) is 4.39 Å². The van der Waals surface area contributed by atoms with Crippen molar-refractivity contribution in [2.75, 3.05) is 0 Å². The average molecular weight is 266 g/mol. The van der Waals surface area contributed by atoms with E-state index in [0.717, 1.165) is 6.07 Å². The van der Waals surface area contributed by atoms with Crippen LogP contribution in [0.5, 0.6) is 11.5 Å². The number of ether oxygens (including phenoxy) is 1. The molecule has 0 aliphatic carbocycles. The maximum atomic E-state index is 13.1. The molecule has 2 rings (SSSR count). The quantitative estimate of drug-likeness (QED) is 0.662. The van der Waals surface area contributed by atoms with E-state index in [-0.39, 0.29) is 17.1 Å². The Balaban J connectivity index is 2.37. The van der Waals surface area contributed by atoms with E-state index in [0.29, 0.717) is 10.8 Å². The molecule has 0 fully saturated rings. The number of aromatic nitrogens is 1. The highest BCUT2D eigenvalue weighted by molar-refractivity contribution is 6.30. The van der Waals surface area contributed by atoms with Gasteiger partial charge in [0.05, 0.1) is 16.8 Å². The molecule has 1 aromatic heterocycles. The van der Waals surface area contributed by atoms with Gasteiger partial charge in [0, 0.05) is 12.3 Å². The first-order chi connectivity index (χ1) is 8.56. The summed E-state index contributed by atoms with van der Waals surface area (Å²) < 4.78 is 18.5. The minimum Gasteiger partial charge on any atom is -0.455 e. The molecule has 0 bridgehead atoms. The van der Waals surface area contributed by atoms with Gasteiger partial charge in [-0.2, -0.15) is 0 Å². The van der Waals surface area contributed by atoms with Crippen molar-refractivity contribution in [2.24, 2.45) is 5.73 Å². The van der Waals surface area contributed by atoms with E-state index >= 15 is 0 Å². The number of amidine groups is 1. The highest BCUT2D eigenvalue weighted by atomic mass is 35.5. The zero-order valence-electron chi connectivity index (χ0n) is 9.15. The topological polar surface area (TPSA) is 72.0 Å². The zero-order chi connectivity index (χ0) is 13.1. The van der Waals surface area contributed by atoms with Crippen LogP contribution in [0.2, 0.25) is 5.02 Å². The summed E-state index contributed by atoms with van der Waals surface area (Å²) in [5.41, 5.74) is 5.54. The molecule has 1 aromatic carbocycles. The molecule has 0 saturated carbocycles. The minimum absolute atomic E-state index is 0.176. The molecule has 4 nitrogen and oxygen atoms in total. The second-order valence-electron chi connectivity index (χ2n) is 3.50. The van der Waals surface area contributed by atoms with Gasteiger partial charge < -0.3 is 10.5 Å². The highest BCUT2D eigenvalue weighted by Gasteiger charge is 2.09. The first kappa shape index (κ1) is 12.3. The molecule has 0 amide bonds. The maximum Gasteiger partial charge on any atom is 0.147 e. The number of halogens is 2. The van der Waals surface area contributed by atoms with Gasteiger partial charge >= 0.3 is 0 Å². The smallest absolute Gasteiger partial charge is 0.147 e. The van der Waals surface area contributed by atoms with Gasteiger partial charge in [0.2, 0.25) is 0 Å². The predicted octanol–water partition coefficient (Wildman–Crippen LogP) is 2.95. The van der Waals surface area contributed by atoms with Crippen LogP contribution >= 0.6 is 11.6 Å². The fourth-order valence-electron chi connectivity index (χ4n) is 1.38. The number of pyridine rings is 1. The fraction of sp³-hybridized carbons (Fsp3) is 0. The summed E-state index contributed by atoms with van der Waals surface area (Å²) in [6, 6.07) is 5.31. The van der Waals surface area contributed by atoms with Crippen LogP contribution in [0.15, 0.2) is 36.7 Å². The number of nitrogen functional groups attached to an aromatic ring is 1. The molecule has 0 unspecified atom stereocenters. The van der Waals surface area contributed by atoms with Crippen molar-refractivity contribution in [3.05, 3.63) is 53.1 Å². The highest BCUT2D eigenvalue weighted by Crippen LogP contribution is 2.26. The van der Waals surface area contributed by atoms with Gasteiger partial charge in [0.15, 0.2) is 0 Å². The van der Waals surface area contributed by atoms with E-state index in [1.54, 1.807) is 6.07 Å². The Labute approximate surface area is 108 Å². The second kappa shape index (κ2) is 5.01. The molecule has 6 heteroatoms. The normalized spacial score (nSPS) is 10.1. The van der Waals surface area contributed by atoms with Crippen LogP contribution in [0.1, 0.15) is 5.56 Å². The standard InChI is InChI=1S/C12H9ClFN3O/c13-7-3-9(6-17-5-7)18-11-2-1-8(14)4-10(11)12(15)16/h1-6H,(H3,15,16). The SMILES string of the molecule is N=C(N)c1cc(F)ccc1Oc1cncc(Cl)c1. The maximum absolute atomic E-state index is 13.1. The van der Waals surface area contributed by atoms with Crippen molar-refractivity contribution in [1.82, 2.24) is 4.98 Å². The Kier molecular flexibility index (Phi) is 3.43. The third-order valence-electron chi connectivity index (χ3n) is 2.14. The molecule has 0 saturated heterocycles. The minimum atomic E-state index is -0.489. The van der Waals surface area contributed by atoms with Crippen LogP contribution in [-0.2, 0) is 0 Å². The largest absolute Gasteiger partial charge is 0.455 e. The lowest BCUT2D eigenvalue weighted by molar-refractivity contribution is 0.477. The van der Waals surface area contributed by atoms with Crippen molar-refractivity contribution < 1.29 is 9.13 Å². The van der Waals surface area contributed by atoms with Gasteiger partial charge in [-0.1, -0.05) is 11.6 Å². The third kappa shape index (κ3) is 2.75. The molecule has 3 N–H and O–H groups in total. The van der Waals surface area contributed by atoms with E-state index < -0.39 is 5.82 Å². The number of nitrogens with one attached hydrogen (secondary N) is 1. The summed E-state index contributed by atoms with van der Waals surface area (Å²) >= 11 is 5.77. The third-order valence-corrected chi connectivity index (χ3v) is 2.35. The predicted molar refractivity (Wildman–Crippen MR) is 66.7 cm³/mol.